The van der Waals surface area contributed by atoms with E-state index in [0.29, 0.717) is 12.1 Å². The maximum atomic E-state index is 13.1. The van der Waals surface area contributed by atoms with Crippen molar-refractivity contribution >= 4 is 5.69 Å². The molecule has 5 heteroatoms. The molecule has 0 unspecified atom stereocenters. The molecule has 0 aliphatic carbocycles. The number of hydrogen-bond acceptors (Lipinski definition) is 3. The normalized spacial score (nSPS) is 10.5. The maximum absolute atomic E-state index is 13.1. The van der Waals surface area contributed by atoms with Gasteiger partial charge in [-0.25, -0.2) is 14.1 Å². The Morgan fingerprint density at radius 3 is 2.94 bits per heavy atom. The minimum atomic E-state index is -0.188. The fourth-order valence-corrected chi connectivity index (χ4v) is 1.62. The van der Waals surface area contributed by atoms with Crippen molar-refractivity contribution in [3.8, 4) is 0 Å². The van der Waals surface area contributed by atoms with Gasteiger partial charge in [-0.15, -0.1) is 0 Å². The van der Waals surface area contributed by atoms with E-state index in [-0.39, 0.29) is 5.82 Å². The first kappa shape index (κ1) is 11.6. The van der Waals surface area contributed by atoms with Crippen LogP contribution in [0.25, 0.3) is 0 Å². The fourth-order valence-electron chi connectivity index (χ4n) is 1.62. The summed E-state index contributed by atoms with van der Waals surface area (Å²) in [5.74, 6) is 0.682. The molecule has 90 valence electrons. The lowest BCUT2D eigenvalue weighted by atomic mass is 10.2. The third-order valence-corrected chi connectivity index (χ3v) is 2.60. The average molecular weight is 234 g/mol. The predicted molar refractivity (Wildman–Crippen MR) is 64.2 cm³/mol. The van der Waals surface area contributed by atoms with Crippen LogP contribution in [-0.4, -0.2) is 14.8 Å². The van der Waals surface area contributed by atoms with Crippen LogP contribution in [-0.2, 0) is 13.1 Å². The summed E-state index contributed by atoms with van der Waals surface area (Å²) < 4.78 is 14.9. The second kappa shape index (κ2) is 4.95. The van der Waals surface area contributed by atoms with E-state index in [1.54, 1.807) is 19.1 Å². The number of aryl methyl sites for hydroxylation is 2. The standard InChI is InChI=1S/C12H15FN4/c1-3-17-12(15-8-16-17)7-14-10-4-5-11(13)9(2)6-10/h4-6,8,14H,3,7H2,1-2H3. The van der Waals surface area contributed by atoms with Gasteiger partial charge in [-0.05, 0) is 37.6 Å². The summed E-state index contributed by atoms with van der Waals surface area (Å²) in [6.07, 6.45) is 1.54. The summed E-state index contributed by atoms with van der Waals surface area (Å²) in [4.78, 5) is 4.16. The number of anilines is 1. The molecule has 2 aromatic rings. The molecule has 0 aliphatic rings. The van der Waals surface area contributed by atoms with Gasteiger partial charge in [0.25, 0.3) is 0 Å². The molecule has 0 atom stereocenters. The highest BCUT2D eigenvalue weighted by Gasteiger charge is 2.03. The lowest BCUT2D eigenvalue weighted by molar-refractivity contribution is 0.617. The number of hydrogen-bond donors (Lipinski definition) is 1. The van der Waals surface area contributed by atoms with Gasteiger partial charge in [0.1, 0.15) is 18.0 Å². The van der Waals surface area contributed by atoms with E-state index in [2.05, 4.69) is 15.4 Å². The van der Waals surface area contributed by atoms with Gasteiger partial charge in [-0.3, -0.25) is 0 Å². The van der Waals surface area contributed by atoms with Crippen molar-refractivity contribution in [3.63, 3.8) is 0 Å². The quantitative estimate of drug-likeness (QED) is 0.883. The molecule has 1 aromatic carbocycles. The number of halogens is 1. The Hall–Kier alpha value is -1.91. The first-order valence-electron chi connectivity index (χ1n) is 5.57. The van der Waals surface area contributed by atoms with Crippen molar-refractivity contribution in [2.24, 2.45) is 0 Å². The van der Waals surface area contributed by atoms with Crippen LogP contribution in [0.2, 0.25) is 0 Å². The molecule has 0 aliphatic heterocycles. The Balaban J connectivity index is 2.05. The third-order valence-electron chi connectivity index (χ3n) is 2.60. The van der Waals surface area contributed by atoms with Crippen molar-refractivity contribution < 1.29 is 4.39 Å². The van der Waals surface area contributed by atoms with E-state index >= 15 is 0 Å². The van der Waals surface area contributed by atoms with Gasteiger partial charge >= 0.3 is 0 Å². The minimum Gasteiger partial charge on any atom is -0.378 e. The van der Waals surface area contributed by atoms with Gasteiger partial charge in [-0.1, -0.05) is 0 Å². The zero-order chi connectivity index (χ0) is 12.3. The molecule has 0 radical (unpaired) electrons. The first-order valence-corrected chi connectivity index (χ1v) is 5.57. The highest BCUT2D eigenvalue weighted by molar-refractivity contribution is 5.45. The molecule has 17 heavy (non-hydrogen) atoms. The number of benzene rings is 1. The highest BCUT2D eigenvalue weighted by atomic mass is 19.1. The minimum absolute atomic E-state index is 0.188. The topological polar surface area (TPSA) is 42.7 Å². The maximum Gasteiger partial charge on any atom is 0.146 e. The monoisotopic (exact) mass is 234 g/mol. The number of aromatic nitrogens is 3. The fraction of sp³-hybridized carbons (Fsp3) is 0.333. The molecule has 0 fully saturated rings. The average Bonchev–Trinajstić information content (AvgIpc) is 2.78. The molecule has 0 amide bonds. The number of rotatable bonds is 4. The summed E-state index contributed by atoms with van der Waals surface area (Å²) in [5.41, 5.74) is 1.52. The Labute approximate surface area is 99.5 Å². The predicted octanol–water partition coefficient (Wildman–Crippen LogP) is 2.36. The summed E-state index contributed by atoms with van der Waals surface area (Å²) in [5, 5.41) is 7.28. The Kier molecular flexibility index (Phi) is 3.37. The molecular formula is C12H15FN4. The molecule has 0 bridgehead atoms. The van der Waals surface area contributed by atoms with Crippen LogP contribution in [0.4, 0.5) is 10.1 Å². The van der Waals surface area contributed by atoms with E-state index in [4.69, 9.17) is 0 Å². The molecule has 0 spiro atoms. The van der Waals surface area contributed by atoms with Crippen LogP contribution in [0.1, 0.15) is 18.3 Å². The van der Waals surface area contributed by atoms with Gasteiger partial charge < -0.3 is 5.32 Å². The molecular weight excluding hydrogens is 219 g/mol. The van der Waals surface area contributed by atoms with Crippen molar-refractivity contribution in [2.75, 3.05) is 5.32 Å². The van der Waals surface area contributed by atoms with Crippen LogP contribution in [0, 0.1) is 12.7 Å². The van der Waals surface area contributed by atoms with Crippen molar-refractivity contribution in [2.45, 2.75) is 26.9 Å². The molecule has 0 saturated heterocycles. The van der Waals surface area contributed by atoms with Gasteiger partial charge in [0.2, 0.25) is 0 Å². The third kappa shape index (κ3) is 2.61. The number of nitrogens with one attached hydrogen (secondary N) is 1. The van der Waals surface area contributed by atoms with E-state index in [9.17, 15) is 4.39 Å². The van der Waals surface area contributed by atoms with Crippen LogP contribution in [0.15, 0.2) is 24.5 Å². The Morgan fingerprint density at radius 2 is 2.24 bits per heavy atom. The van der Waals surface area contributed by atoms with E-state index in [1.807, 2.05) is 11.6 Å². The second-order valence-electron chi connectivity index (χ2n) is 3.81. The van der Waals surface area contributed by atoms with Gasteiger partial charge in [-0.2, -0.15) is 5.10 Å². The second-order valence-corrected chi connectivity index (χ2v) is 3.81. The van der Waals surface area contributed by atoms with E-state index < -0.39 is 0 Å². The van der Waals surface area contributed by atoms with Crippen molar-refractivity contribution in [1.29, 1.82) is 0 Å². The summed E-state index contributed by atoms with van der Waals surface area (Å²) in [6, 6.07) is 4.96. The van der Waals surface area contributed by atoms with Gasteiger partial charge in [0.05, 0.1) is 6.54 Å². The van der Waals surface area contributed by atoms with Crippen LogP contribution >= 0.6 is 0 Å². The molecule has 1 N–H and O–H groups in total. The van der Waals surface area contributed by atoms with E-state index in [0.717, 1.165) is 18.1 Å². The summed E-state index contributed by atoms with van der Waals surface area (Å²) in [6.45, 7) is 5.13. The molecule has 4 nitrogen and oxygen atoms in total. The summed E-state index contributed by atoms with van der Waals surface area (Å²) >= 11 is 0. The van der Waals surface area contributed by atoms with Crippen LogP contribution < -0.4 is 5.32 Å². The SMILES string of the molecule is CCn1ncnc1CNc1ccc(F)c(C)c1. The molecule has 2 rings (SSSR count). The van der Waals surface area contributed by atoms with Crippen LogP contribution in [0.5, 0.6) is 0 Å². The number of nitrogens with zero attached hydrogens (tertiary/aromatic N) is 3. The van der Waals surface area contributed by atoms with Crippen LogP contribution in [0.3, 0.4) is 0 Å². The van der Waals surface area contributed by atoms with Gasteiger partial charge in [0, 0.05) is 12.2 Å². The Morgan fingerprint density at radius 1 is 1.41 bits per heavy atom. The molecule has 1 aromatic heterocycles. The zero-order valence-electron chi connectivity index (χ0n) is 9.94. The Bertz CT molecular complexity index is 507. The first-order chi connectivity index (χ1) is 8.20. The summed E-state index contributed by atoms with van der Waals surface area (Å²) in [7, 11) is 0. The molecule has 0 saturated carbocycles. The largest absolute Gasteiger partial charge is 0.378 e. The molecule has 1 heterocycles. The van der Waals surface area contributed by atoms with Crippen molar-refractivity contribution in [3.05, 3.63) is 41.7 Å². The van der Waals surface area contributed by atoms with E-state index in [1.165, 1.54) is 12.4 Å². The lowest BCUT2D eigenvalue weighted by Crippen LogP contribution is -2.09. The zero-order valence-corrected chi connectivity index (χ0v) is 9.94. The lowest BCUT2D eigenvalue weighted by Gasteiger charge is -2.07. The van der Waals surface area contributed by atoms with Gasteiger partial charge in [0.15, 0.2) is 0 Å². The smallest absolute Gasteiger partial charge is 0.146 e. The van der Waals surface area contributed by atoms with Crippen molar-refractivity contribution in [1.82, 2.24) is 14.8 Å². The highest BCUT2D eigenvalue weighted by Crippen LogP contribution is 2.14.